The first-order valence-electron chi connectivity index (χ1n) is 6.26. The van der Waals surface area contributed by atoms with Crippen LogP contribution in [-0.2, 0) is 0 Å². The summed E-state index contributed by atoms with van der Waals surface area (Å²) in [5.74, 6) is 0. The number of hydrazone groups is 1. The second-order valence-corrected chi connectivity index (χ2v) is 3.95. The van der Waals surface area contributed by atoms with Gasteiger partial charge in [-0.05, 0) is 17.7 Å². The molecule has 21 heavy (non-hydrogen) atoms. The van der Waals surface area contributed by atoms with Crippen LogP contribution in [0.25, 0.3) is 0 Å². The van der Waals surface area contributed by atoms with Crippen LogP contribution in [0.3, 0.4) is 0 Å². The Kier molecular flexibility index (Phi) is 7.40. The molecular formula is C12H17N5O4. The molecular weight excluding hydrogens is 278 g/mol. The molecule has 0 bridgehead atoms. The SMILES string of the molecule is O=C(NCCNCCO)N/N=C/c1ccc([N+](=O)[O-])cc1. The molecule has 0 atom stereocenters. The number of rotatable bonds is 8. The molecule has 0 spiro atoms. The summed E-state index contributed by atoms with van der Waals surface area (Å²) in [7, 11) is 0. The van der Waals surface area contributed by atoms with E-state index in [9.17, 15) is 14.9 Å². The van der Waals surface area contributed by atoms with Gasteiger partial charge in [-0.3, -0.25) is 10.1 Å². The lowest BCUT2D eigenvalue weighted by atomic mass is 10.2. The van der Waals surface area contributed by atoms with Crippen LogP contribution in [0.4, 0.5) is 10.5 Å². The monoisotopic (exact) mass is 295 g/mol. The number of aliphatic hydroxyl groups is 1. The number of hydrogen-bond acceptors (Lipinski definition) is 6. The molecule has 0 aliphatic heterocycles. The van der Waals surface area contributed by atoms with Gasteiger partial charge in [0.25, 0.3) is 5.69 Å². The van der Waals surface area contributed by atoms with E-state index in [1.807, 2.05) is 0 Å². The summed E-state index contributed by atoms with van der Waals surface area (Å²) in [6.45, 7) is 1.46. The number of non-ortho nitro benzene ring substituents is 1. The van der Waals surface area contributed by atoms with Gasteiger partial charge in [0.15, 0.2) is 0 Å². The molecule has 0 fully saturated rings. The van der Waals surface area contributed by atoms with Crippen molar-refractivity contribution in [3.63, 3.8) is 0 Å². The number of carbonyl (C=O) groups excluding carboxylic acids is 1. The summed E-state index contributed by atoms with van der Waals surface area (Å²) in [6.07, 6.45) is 1.38. The molecule has 9 heteroatoms. The van der Waals surface area contributed by atoms with Gasteiger partial charge < -0.3 is 15.7 Å². The largest absolute Gasteiger partial charge is 0.395 e. The number of urea groups is 1. The predicted octanol–water partition coefficient (Wildman–Crippen LogP) is -0.190. The standard InChI is InChI=1S/C12H17N5O4/c18-8-7-13-5-6-14-12(19)16-15-9-10-1-3-11(4-2-10)17(20)21/h1-4,9,13,18H,5-8H2,(H2,14,16,19)/b15-9+. The first-order chi connectivity index (χ1) is 10.1. The van der Waals surface area contributed by atoms with Gasteiger partial charge >= 0.3 is 6.03 Å². The van der Waals surface area contributed by atoms with Gasteiger partial charge in [0, 0.05) is 31.8 Å². The summed E-state index contributed by atoms with van der Waals surface area (Å²) >= 11 is 0. The molecule has 0 saturated carbocycles. The van der Waals surface area contributed by atoms with E-state index in [2.05, 4.69) is 21.2 Å². The molecule has 0 aromatic heterocycles. The Hall–Kier alpha value is -2.52. The molecule has 1 aromatic carbocycles. The topological polar surface area (TPSA) is 129 Å². The number of nitro benzene ring substituents is 1. The highest BCUT2D eigenvalue weighted by molar-refractivity contribution is 5.82. The smallest absolute Gasteiger partial charge is 0.335 e. The lowest BCUT2D eigenvalue weighted by Crippen LogP contribution is -2.37. The lowest BCUT2D eigenvalue weighted by Gasteiger charge is -2.04. The molecule has 4 N–H and O–H groups in total. The van der Waals surface area contributed by atoms with E-state index in [0.29, 0.717) is 25.2 Å². The minimum atomic E-state index is -0.489. The van der Waals surface area contributed by atoms with Crippen LogP contribution in [0.1, 0.15) is 5.56 Å². The molecule has 0 aliphatic rings. The van der Waals surface area contributed by atoms with Gasteiger partial charge in [-0.15, -0.1) is 0 Å². The van der Waals surface area contributed by atoms with Crippen molar-refractivity contribution in [1.82, 2.24) is 16.1 Å². The molecule has 2 amide bonds. The molecule has 0 radical (unpaired) electrons. The Balaban J connectivity index is 2.27. The minimum absolute atomic E-state index is 0.00627. The second-order valence-electron chi connectivity index (χ2n) is 3.95. The Morgan fingerprint density at radius 1 is 1.29 bits per heavy atom. The number of hydrogen-bond donors (Lipinski definition) is 4. The Labute approximate surface area is 121 Å². The first kappa shape index (κ1) is 16.5. The molecule has 1 aromatic rings. The van der Waals surface area contributed by atoms with E-state index < -0.39 is 11.0 Å². The van der Waals surface area contributed by atoms with E-state index >= 15 is 0 Å². The summed E-state index contributed by atoms with van der Waals surface area (Å²) in [6, 6.07) is 5.31. The van der Waals surface area contributed by atoms with Crippen molar-refractivity contribution in [2.75, 3.05) is 26.2 Å². The number of nitrogens with one attached hydrogen (secondary N) is 3. The molecule has 114 valence electrons. The molecule has 0 saturated heterocycles. The number of nitrogens with zero attached hydrogens (tertiary/aromatic N) is 2. The number of nitro groups is 1. The summed E-state index contributed by atoms with van der Waals surface area (Å²) in [4.78, 5) is 21.3. The van der Waals surface area contributed by atoms with Crippen molar-refractivity contribution in [2.45, 2.75) is 0 Å². The fourth-order valence-electron chi connectivity index (χ4n) is 1.36. The molecule has 0 aliphatic carbocycles. The summed E-state index contributed by atoms with van der Waals surface area (Å²) in [5, 5.41) is 28.2. The normalized spacial score (nSPS) is 10.5. The summed E-state index contributed by atoms with van der Waals surface area (Å²) < 4.78 is 0. The van der Waals surface area contributed by atoms with E-state index in [-0.39, 0.29) is 12.3 Å². The van der Waals surface area contributed by atoms with Crippen molar-refractivity contribution in [1.29, 1.82) is 0 Å². The number of amides is 2. The van der Waals surface area contributed by atoms with Crippen molar-refractivity contribution in [3.8, 4) is 0 Å². The van der Waals surface area contributed by atoms with Gasteiger partial charge in [-0.1, -0.05) is 0 Å². The summed E-state index contributed by atoms with van der Waals surface area (Å²) in [5.41, 5.74) is 2.89. The zero-order valence-electron chi connectivity index (χ0n) is 11.3. The quantitative estimate of drug-likeness (QED) is 0.229. The predicted molar refractivity (Wildman–Crippen MR) is 77.2 cm³/mol. The zero-order valence-corrected chi connectivity index (χ0v) is 11.3. The highest BCUT2D eigenvalue weighted by Crippen LogP contribution is 2.10. The average Bonchev–Trinajstić information content (AvgIpc) is 2.47. The Morgan fingerprint density at radius 3 is 2.62 bits per heavy atom. The van der Waals surface area contributed by atoms with Crippen LogP contribution in [0.15, 0.2) is 29.4 Å². The van der Waals surface area contributed by atoms with E-state index in [1.54, 1.807) is 0 Å². The third-order valence-corrected chi connectivity index (χ3v) is 2.36. The maximum Gasteiger partial charge on any atom is 0.335 e. The highest BCUT2D eigenvalue weighted by atomic mass is 16.6. The van der Waals surface area contributed by atoms with Crippen LogP contribution in [0.5, 0.6) is 0 Å². The Bertz CT molecular complexity index is 489. The number of carbonyl (C=O) groups is 1. The van der Waals surface area contributed by atoms with Crippen molar-refractivity contribution < 1.29 is 14.8 Å². The van der Waals surface area contributed by atoms with Crippen LogP contribution < -0.4 is 16.1 Å². The lowest BCUT2D eigenvalue weighted by molar-refractivity contribution is -0.384. The van der Waals surface area contributed by atoms with E-state index in [4.69, 9.17) is 5.11 Å². The molecule has 9 nitrogen and oxygen atoms in total. The fourth-order valence-corrected chi connectivity index (χ4v) is 1.36. The zero-order chi connectivity index (χ0) is 15.5. The van der Waals surface area contributed by atoms with Gasteiger partial charge in [-0.25, -0.2) is 10.2 Å². The van der Waals surface area contributed by atoms with Gasteiger partial charge in [0.1, 0.15) is 0 Å². The molecule has 0 unspecified atom stereocenters. The molecule has 1 rings (SSSR count). The maximum absolute atomic E-state index is 11.3. The van der Waals surface area contributed by atoms with Crippen molar-refractivity contribution >= 4 is 17.9 Å². The third-order valence-electron chi connectivity index (χ3n) is 2.36. The third kappa shape index (κ3) is 6.99. The molecule has 0 heterocycles. The fraction of sp³-hybridized carbons (Fsp3) is 0.333. The minimum Gasteiger partial charge on any atom is -0.395 e. The van der Waals surface area contributed by atoms with Crippen LogP contribution in [0, 0.1) is 10.1 Å². The van der Waals surface area contributed by atoms with E-state index in [1.165, 1.54) is 30.5 Å². The number of aliphatic hydroxyl groups excluding tert-OH is 1. The first-order valence-corrected chi connectivity index (χ1v) is 6.26. The Morgan fingerprint density at radius 2 is 2.00 bits per heavy atom. The average molecular weight is 295 g/mol. The maximum atomic E-state index is 11.3. The number of benzene rings is 1. The van der Waals surface area contributed by atoms with Crippen LogP contribution >= 0.6 is 0 Å². The van der Waals surface area contributed by atoms with Crippen molar-refractivity contribution in [2.24, 2.45) is 5.10 Å². The second kappa shape index (κ2) is 9.39. The van der Waals surface area contributed by atoms with Gasteiger partial charge in [0.2, 0.25) is 0 Å². The van der Waals surface area contributed by atoms with Crippen LogP contribution in [0.2, 0.25) is 0 Å². The van der Waals surface area contributed by atoms with Crippen LogP contribution in [-0.4, -0.2) is 48.5 Å². The van der Waals surface area contributed by atoms with Crippen molar-refractivity contribution in [3.05, 3.63) is 39.9 Å². The van der Waals surface area contributed by atoms with Gasteiger partial charge in [-0.2, -0.15) is 5.10 Å². The van der Waals surface area contributed by atoms with E-state index in [0.717, 1.165) is 0 Å². The van der Waals surface area contributed by atoms with Gasteiger partial charge in [0.05, 0.1) is 17.7 Å². The highest BCUT2D eigenvalue weighted by Gasteiger charge is 2.02.